The average Bonchev–Trinajstić information content (AvgIpc) is 2.47. The van der Waals surface area contributed by atoms with Crippen LogP contribution in [0.15, 0.2) is 18.2 Å². The van der Waals surface area contributed by atoms with E-state index in [0.29, 0.717) is 17.8 Å². The Bertz CT molecular complexity index is 578. The Hall–Kier alpha value is -1.92. The molecule has 6 nitrogen and oxygen atoms in total. The highest BCUT2D eigenvalue weighted by molar-refractivity contribution is 5.95. The van der Waals surface area contributed by atoms with E-state index in [2.05, 4.69) is 5.32 Å². The summed E-state index contributed by atoms with van der Waals surface area (Å²) < 4.78 is 10.4. The van der Waals surface area contributed by atoms with Gasteiger partial charge in [0.05, 0.1) is 12.7 Å². The van der Waals surface area contributed by atoms with Gasteiger partial charge in [-0.1, -0.05) is 6.07 Å². The van der Waals surface area contributed by atoms with Crippen molar-refractivity contribution in [2.75, 3.05) is 32.1 Å². The largest absolute Gasteiger partial charge is 0.465 e. The zero-order valence-corrected chi connectivity index (χ0v) is 14.1. The molecule has 1 saturated heterocycles. The minimum atomic E-state index is -0.415. The molecule has 1 aromatic rings. The van der Waals surface area contributed by atoms with Gasteiger partial charge >= 0.3 is 5.97 Å². The Morgan fingerprint density at radius 1 is 1.30 bits per heavy atom. The zero-order valence-electron chi connectivity index (χ0n) is 14.1. The summed E-state index contributed by atoms with van der Waals surface area (Å²) in [6.45, 7) is 7.97. The number of hydrogen-bond donors (Lipinski definition) is 2. The first-order valence-electron chi connectivity index (χ1n) is 7.87. The number of morpholine rings is 1. The van der Waals surface area contributed by atoms with Crippen LogP contribution in [0.1, 0.15) is 29.8 Å². The lowest BCUT2D eigenvalue weighted by atomic mass is 10.1. The monoisotopic (exact) mass is 321 g/mol. The second kappa shape index (κ2) is 7.57. The molecule has 2 rings (SSSR count). The highest BCUT2D eigenvalue weighted by atomic mass is 16.5. The number of carbonyl (C=O) groups is 2. The van der Waals surface area contributed by atoms with Crippen LogP contribution in [0.5, 0.6) is 0 Å². The van der Waals surface area contributed by atoms with Crippen molar-refractivity contribution in [2.45, 2.75) is 33.0 Å². The predicted octanol–water partition coefficient (Wildman–Crippen LogP) is 0.412. The molecule has 1 aliphatic rings. The minimum absolute atomic E-state index is 0.0635. The van der Waals surface area contributed by atoms with E-state index >= 15 is 0 Å². The van der Waals surface area contributed by atoms with E-state index in [9.17, 15) is 9.59 Å². The summed E-state index contributed by atoms with van der Waals surface area (Å²) >= 11 is 0. The minimum Gasteiger partial charge on any atom is -0.465 e. The molecule has 1 aliphatic heterocycles. The number of rotatable bonds is 4. The summed E-state index contributed by atoms with van der Waals surface area (Å²) in [5.74, 6) is -0.478. The molecule has 2 N–H and O–H groups in total. The smallest absolute Gasteiger partial charge is 0.337 e. The lowest BCUT2D eigenvalue weighted by molar-refractivity contribution is -0.907. The van der Waals surface area contributed by atoms with Crippen LogP contribution in [-0.2, 0) is 14.3 Å². The van der Waals surface area contributed by atoms with Gasteiger partial charge in [0.25, 0.3) is 5.91 Å². The third-order valence-corrected chi connectivity index (χ3v) is 3.96. The Balaban J connectivity index is 2.01. The molecular weight excluding hydrogens is 296 g/mol. The van der Waals surface area contributed by atoms with Crippen molar-refractivity contribution in [3.8, 4) is 0 Å². The molecule has 2 atom stereocenters. The van der Waals surface area contributed by atoms with E-state index in [1.807, 2.05) is 20.8 Å². The SMILES string of the molecule is COC(=O)c1ccc(C)c(NC(=O)C[NH+]2C[C@@H](C)O[C@H](C)C2)c1. The number of quaternary nitrogens is 1. The van der Waals surface area contributed by atoms with Gasteiger partial charge in [-0.15, -0.1) is 0 Å². The molecular formula is C17H25N2O4+. The fraction of sp³-hybridized carbons (Fsp3) is 0.529. The van der Waals surface area contributed by atoms with Crippen molar-refractivity contribution < 1.29 is 24.0 Å². The summed E-state index contributed by atoms with van der Waals surface area (Å²) in [6.07, 6.45) is 0.317. The maximum absolute atomic E-state index is 12.3. The molecule has 0 aromatic heterocycles. The third-order valence-electron chi connectivity index (χ3n) is 3.96. The highest BCUT2D eigenvalue weighted by Gasteiger charge is 2.27. The number of hydrogen-bond acceptors (Lipinski definition) is 4. The number of nitrogens with one attached hydrogen (secondary N) is 2. The Morgan fingerprint density at radius 3 is 2.57 bits per heavy atom. The maximum Gasteiger partial charge on any atom is 0.337 e. The number of anilines is 1. The Kier molecular flexibility index (Phi) is 5.74. The van der Waals surface area contributed by atoms with Crippen molar-refractivity contribution in [1.29, 1.82) is 0 Å². The third kappa shape index (κ3) is 4.77. The van der Waals surface area contributed by atoms with E-state index in [1.54, 1.807) is 18.2 Å². The second-order valence-electron chi connectivity index (χ2n) is 6.16. The normalized spacial score (nSPS) is 24.1. The Labute approximate surface area is 136 Å². The van der Waals surface area contributed by atoms with Crippen molar-refractivity contribution in [3.63, 3.8) is 0 Å². The van der Waals surface area contributed by atoms with Crippen LogP contribution < -0.4 is 10.2 Å². The van der Waals surface area contributed by atoms with Crippen LogP contribution in [0.2, 0.25) is 0 Å². The number of methoxy groups -OCH3 is 1. The van der Waals surface area contributed by atoms with Gasteiger partial charge in [0, 0.05) is 5.69 Å². The summed E-state index contributed by atoms with van der Waals surface area (Å²) in [6, 6.07) is 5.14. The van der Waals surface area contributed by atoms with E-state index < -0.39 is 5.97 Å². The standard InChI is InChI=1S/C17H24N2O4/c1-11-5-6-14(17(21)22-4)7-15(11)18-16(20)10-19-8-12(2)23-13(3)9-19/h5-7,12-13H,8-10H2,1-4H3,(H,18,20)/p+1/t12-,13-/m1/s1. The summed E-state index contributed by atoms with van der Waals surface area (Å²) in [4.78, 5) is 25.1. The average molecular weight is 321 g/mol. The predicted molar refractivity (Wildman–Crippen MR) is 86.7 cm³/mol. The van der Waals surface area contributed by atoms with E-state index in [0.717, 1.165) is 18.7 Å². The van der Waals surface area contributed by atoms with Gasteiger partial charge in [-0.25, -0.2) is 4.79 Å². The van der Waals surface area contributed by atoms with Crippen molar-refractivity contribution in [3.05, 3.63) is 29.3 Å². The molecule has 23 heavy (non-hydrogen) atoms. The summed E-state index contributed by atoms with van der Waals surface area (Å²) in [5.41, 5.74) is 1.98. The number of aryl methyl sites for hydroxylation is 1. The fourth-order valence-corrected chi connectivity index (χ4v) is 2.96. The van der Waals surface area contributed by atoms with Gasteiger partial charge in [0.2, 0.25) is 0 Å². The van der Waals surface area contributed by atoms with Crippen LogP contribution in [0.4, 0.5) is 5.69 Å². The van der Waals surface area contributed by atoms with Gasteiger partial charge in [-0.3, -0.25) is 4.79 Å². The molecule has 0 unspecified atom stereocenters. The molecule has 6 heteroatoms. The van der Waals surface area contributed by atoms with Crippen molar-refractivity contribution in [2.24, 2.45) is 0 Å². The molecule has 126 valence electrons. The molecule has 0 radical (unpaired) electrons. The van der Waals surface area contributed by atoms with Crippen molar-refractivity contribution >= 4 is 17.6 Å². The topological polar surface area (TPSA) is 69.1 Å². The zero-order chi connectivity index (χ0) is 17.0. The first kappa shape index (κ1) is 17.4. The van der Waals surface area contributed by atoms with Gasteiger partial charge in [0.1, 0.15) is 25.3 Å². The van der Waals surface area contributed by atoms with Gasteiger partial charge in [-0.2, -0.15) is 0 Å². The van der Waals surface area contributed by atoms with Crippen LogP contribution >= 0.6 is 0 Å². The number of esters is 1. The van der Waals surface area contributed by atoms with E-state index in [1.165, 1.54) is 12.0 Å². The summed E-state index contributed by atoms with van der Waals surface area (Å²) in [5, 5.41) is 2.90. The number of benzene rings is 1. The van der Waals surface area contributed by atoms with Crippen LogP contribution in [0, 0.1) is 6.92 Å². The maximum atomic E-state index is 12.3. The van der Waals surface area contributed by atoms with Gasteiger partial charge in [-0.05, 0) is 38.5 Å². The molecule has 1 fully saturated rings. The van der Waals surface area contributed by atoms with Crippen molar-refractivity contribution in [1.82, 2.24) is 0 Å². The number of ether oxygens (including phenoxy) is 2. The molecule has 0 aliphatic carbocycles. The van der Waals surface area contributed by atoms with E-state index in [-0.39, 0.29) is 18.1 Å². The highest BCUT2D eigenvalue weighted by Crippen LogP contribution is 2.17. The molecule has 1 amide bonds. The molecule has 0 spiro atoms. The van der Waals surface area contributed by atoms with Gasteiger partial charge < -0.3 is 19.7 Å². The molecule has 1 heterocycles. The fourth-order valence-electron chi connectivity index (χ4n) is 2.96. The quantitative estimate of drug-likeness (QED) is 0.788. The first-order valence-corrected chi connectivity index (χ1v) is 7.87. The second-order valence-corrected chi connectivity index (χ2v) is 6.16. The van der Waals surface area contributed by atoms with E-state index in [4.69, 9.17) is 9.47 Å². The first-order chi connectivity index (χ1) is 10.9. The lowest BCUT2D eigenvalue weighted by Crippen LogP contribution is -3.16. The van der Waals surface area contributed by atoms with Gasteiger partial charge in [0.15, 0.2) is 6.54 Å². The van der Waals surface area contributed by atoms with Crippen LogP contribution in [0.25, 0.3) is 0 Å². The number of carbonyl (C=O) groups excluding carboxylic acids is 2. The molecule has 1 aromatic carbocycles. The van der Waals surface area contributed by atoms with Crippen LogP contribution in [0.3, 0.4) is 0 Å². The lowest BCUT2D eigenvalue weighted by Gasteiger charge is -2.31. The van der Waals surface area contributed by atoms with Crippen LogP contribution in [-0.4, -0.2) is 50.8 Å². The number of amides is 1. The molecule has 0 bridgehead atoms. The Morgan fingerprint density at radius 2 is 1.96 bits per heavy atom. The summed E-state index contributed by atoms with van der Waals surface area (Å²) in [7, 11) is 1.34. The molecule has 0 saturated carbocycles.